The van der Waals surface area contributed by atoms with E-state index < -0.39 is 15.6 Å². The zero-order valence-corrected chi connectivity index (χ0v) is 11.9. The van der Waals surface area contributed by atoms with Crippen molar-refractivity contribution >= 4 is 21.6 Å². The summed E-state index contributed by atoms with van der Waals surface area (Å²) >= 11 is 5.95. The molecule has 0 saturated heterocycles. The molecular formula is C11H22ClNO3S. The minimum absolute atomic E-state index is 0.0134. The molecule has 0 radical (unpaired) electrons. The van der Waals surface area contributed by atoms with E-state index in [1.165, 1.54) is 6.42 Å². The van der Waals surface area contributed by atoms with Crippen LogP contribution in [0.4, 0.5) is 0 Å². The van der Waals surface area contributed by atoms with E-state index >= 15 is 0 Å². The van der Waals surface area contributed by atoms with Gasteiger partial charge in [0.1, 0.15) is 0 Å². The van der Waals surface area contributed by atoms with Gasteiger partial charge in [0.15, 0.2) is 0 Å². The molecule has 0 amide bonds. The normalized spacial score (nSPS) is 20.4. The van der Waals surface area contributed by atoms with Crippen LogP contribution < -0.4 is 4.72 Å². The van der Waals surface area contributed by atoms with E-state index in [1.807, 2.05) is 6.92 Å². The summed E-state index contributed by atoms with van der Waals surface area (Å²) in [6.45, 7) is 2.63. The number of alkyl halides is 1. The van der Waals surface area contributed by atoms with Gasteiger partial charge in [0.2, 0.25) is 10.0 Å². The first-order valence-corrected chi connectivity index (χ1v) is 8.38. The van der Waals surface area contributed by atoms with E-state index in [1.54, 1.807) is 0 Å². The van der Waals surface area contributed by atoms with Crippen molar-refractivity contribution in [3.8, 4) is 0 Å². The summed E-state index contributed by atoms with van der Waals surface area (Å²) in [7, 11) is -3.28. The predicted molar refractivity (Wildman–Crippen MR) is 70.0 cm³/mol. The van der Waals surface area contributed by atoms with Crippen LogP contribution >= 0.6 is 11.6 Å². The summed E-state index contributed by atoms with van der Waals surface area (Å²) in [5.74, 6) is 0.361. The Bertz CT molecular complexity index is 313. The number of hydrogen-bond acceptors (Lipinski definition) is 3. The molecule has 0 aromatic carbocycles. The maximum absolute atomic E-state index is 11.9. The van der Waals surface area contributed by atoms with Crippen molar-refractivity contribution in [1.82, 2.24) is 4.72 Å². The number of hydrogen-bond donors (Lipinski definition) is 1. The third-order valence-corrected chi connectivity index (χ3v) is 5.10. The van der Waals surface area contributed by atoms with Gasteiger partial charge in [-0.05, 0) is 19.8 Å². The molecule has 0 spiro atoms. The molecule has 6 heteroatoms. The average molecular weight is 284 g/mol. The van der Waals surface area contributed by atoms with Crippen LogP contribution in [-0.2, 0) is 14.8 Å². The maximum atomic E-state index is 11.9. The van der Waals surface area contributed by atoms with Gasteiger partial charge in [-0.3, -0.25) is 0 Å². The Hall–Kier alpha value is 0.160. The molecule has 0 aromatic heterocycles. The monoisotopic (exact) mass is 283 g/mol. The van der Waals surface area contributed by atoms with Crippen LogP contribution in [0.2, 0.25) is 0 Å². The first-order valence-electron chi connectivity index (χ1n) is 6.19. The molecule has 0 atom stereocenters. The zero-order chi connectivity index (χ0) is 12.8. The van der Waals surface area contributed by atoms with E-state index in [2.05, 4.69) is 4.72 Å². The van der Waals surface area contributed by atoms with Gasteiger partial charge in [-0.2, -0.15) is 0 Å². The first kappa shape index (κ1) is 15.2. The highest BCUT2D eigenvalue weighted by molar-refractivity contribution is 7.89. The van der Waals surface area contributed by atoms with Crippen LogP contribution in [-0.4, -0.2) is 38.8 Å². The Morgan fingerprint density at radius 2 is 1.94 bits per heavy atom. The largest absolute Gasteiger partial charge is 0.381 e. The predicted octanol–water partition coefficient (Wildman–Crippen LogP) is 1.88. The van der Waals surface area contributed by atoms with Gasteiger partial charge in [-0.1, -0.05) is 19.3 Å². The van der Waals surface area contributed by atoms with Crippen molar-refractivity contribution in [1.29, 1.82) is 0 Å². The van der Waals surface area contributed by atoms with Gasteiger partial charge >= 0.3 is 0 Å². The van der Waals surface area contributed by atoms with E-state index in [9.17, 15) is 8.42 Å². The Morgan fingerprint density at radius 3 is 2.47 bits per heavy atom. The molecule has 17 heavy (non-hydrogen) atoms. The van der Waals surface area contributed by atoms with Gasteiger partial charge in [0.25, 0.3) is 0 Å². The third-order valence-electron chi connectivity index (χ3n) is 3.14. The van der Waals surface area contributed by atoms with Crippen molar-refractivity contribution in [2.24, 2.45) is 0 Å². The molecule has 1 rings (SSSR count). The van der Waals surface area contributed by atoms with Crippen molar-refractivity contribution in [3.63, 3.8) is 0 Å². The fourth-order valence-electron chi connectivity index (χ4n) is 2.19. The summed E-state index contributed by atoms with van der Waals surface area (Å²) < 4.78 is 31.6. The lowest BCUT2D eigenvalue weighted by molar-refractivity contribution is 0.163. The lowest BCUT2D eigenvalue weighted by Crippen LogP contribution is -2.52. The Labute approximate surface area is 109 Å². The molecule has 0 aliphatic heterocycles. The maximum Gasteiger partial charge on any atom is 0.214 e. The van der Waals surface area contributed by atoms with Crippen LogP contribution in [0.25, 0.3) is 0 Å². The Morgan fingerprint density at radius 1 is 1.29 bits per heavy atom. The highest BCUT2D eigenvalue weighted by Crippen LogP contribution is 2.29. The number of ether oxygens (including phenoxy) is 1. The SMILES string of the molecule is CCOCCS(=O)(=O)NC1(CCl)CCCCC1. The van der Waals surface area contributed by atoms with Crippen LogP contribution in [0.1, 0.15) is 39.0 Å². The highest BCUT2D eigenvalue weighted by Gasteiger charge is 2.34. The molecule has 1 N–H and O–H groups in total. The number of halogens is 1. The van der Waals surface area contributed by atoms with E-state index in [-0.39, 0.29) is 12.4 Å². The summed E-state index contributed by atoms with van der Waals surface area (Å²) in [4.78, 5) is 0. The smallest absolute Gasteiger partial charge is 0.214 e. The van der Waals surface area contributed by atoms with Crippen LogP contribution in [0.5, 0.6) is 0 Å². The van der Waals surface area contributed by atoms with Gasteiger partial charge in [-0.25, -0.2) is 13.1 Å². The number of nitrogens with one attached hydrogen (secondary N) is 1. The average Bonchev–Trinajstić information content (AvgIpc) is 2.30. The highest BCUT2D eigenvalue weighted by atomic mass is 35.5. The zero-order valence-electron chi connectivity index (χ0n) is 10.4. The summed E-state index contributed by atoms with van der Waals surface area (Å²) in [6, 6.07) is 0. The molecule has 1 aliphatic carbocycles. The molecule has 0 heterocycles. The number of sulfonamides is 1. The standard InChI is InChI=1S/C11H22ClNO3S/c1-2-16-8-9-17(14,15)13-11(10-12)6-4-3-5-7-11/h13H,2-10H2,1H3. The quantitative estimate of drug-likeness (QED) is 0.573. The van der Waals surface area contributed by atoms with Crippen molar-refractivity contribution in [3.05, 3.63) is 0 Å². The molecule has 1 saturated carbocycles. The molecule has 0 unspecified atom stereocenters. The van der Waals surface area contributed by atoms with Crippen molar-refractivity contribution in [2.45, 2.75) is 44.6 Å². The summed E-state index contributed by atoms with van der Waals surface area (Å²) in [6.07, 6.45) is 4.93. The van der Waals surface area contributed by atoms with Crippen LogP contribution in [0.15, 0.2) is 0 Å². The molecule has 4 nitrogen and oxygen atoms in total. The number of rotatable bonds is 7. The molecule has 0 aromatic rings. The van der Waals surface area contributed by atoms with Gasteiger partial charge in [0, 0.05) is 18.0 Å². The first-order chi connectivity index (χ1) is 8.04. The minimum atomic E-state index is -3.28. The topological polar surface area (TPSA) is 55.4 Å². The molecule has 1 aliphatic rings. The van der Waals surface area contributed by atoms with E-state index in [4.69, 9.17) is 16.3 Å². The van der Waals surface area contributed by atoms with E-state index in [0.29, 0.717) is 12.5 Å². The second-order valence-electron chi connectivity index (χ2n) is 4.59. The van der Waals surface area contributed by atoms with Crippen LogP contribution in [0, 0.1) is 0 Å². The molecule has 1 fully saturated rings. The second kappa shape index (κ2) is 6.92. The van der Waals surface area contributed by atoms with E-state index in [0.717, 1.165) is 25.7 Å². The fraction of sp³-hybridized carbons (Fsp3) is 1.00. The third kappa shape index (κ3) is 5.12. The fourth-order valence-corrected chi connectivity index (χ4v) is 3.97. The summed E-state index contributed by atoms with van der Waals surface area (Å²) in [5, 5.41) is 0. The van der Waals surface area contributed by atoms with Gasteiger partial charge < -0.3 is 4.74 Å². The van der Waals surface area contributed by atoms with Gasteiger partial charge in [0.05, 0.1) is 12.4 Å². The second-order valence-corrected chi connectivity index (χ2v) is 6.70. The lowest BCUT2D eigenvalue weighted by atomic mass is 9.84. The van der Waals surface area contributed by atoms with Crippen LogP contribution in [0.3, 0.4) is 0 Å². The minimum Gasteiger partial charge on any atom is -0.381 e. The Kier molecular flexibility index (Phi) is 6.20. The molecule has 102 valence electrons. The lowest BCUT2D eigenvalue weighted by Gasteiger charge is -2.36. The molecular weight excluding hydrogens is 262 g/mol. The molecule has 0 bridgehead atoms. The van der Waals surface area contributed by atoms with Gasteiger partial charge in [-0.15, -0.1) is 11.6 Å². The summed E-state index contributed by atoms with van der Waals surface area (Å²) in [5.41, 5.74) is -0.426. The van der Waals surface area contributed by atoms with Crippen molar-refractivity contribution < 1.29 is 13.2 Å². The van der Waals surface area contributed by atoms with Crippen molar-refractivity contribution in [2.75, 3.05) is 24.8 Å². The Balaban J connectivity index is 2.54.